The number of hydrogen-bond donors (Lipinski definition) is 2. The molecule has 0 aliphatic heterocycles. The lowest BCUT2D eigenvalue weighted by Gasteiger charge is -2.14. The predicted octanol–water partition coefficient (Wildman–Crippen LogP) is 2.56. The summed E-state index contributed by atoms with van der Waals surface area (Å²) < 4.78 is 5.28. The molecule has 0 aliphatic rings. The van der Waals surface area contributed by atoms with Gasteiger partial charge in [0.2, 0.25) is 0 Å². The van der Waals surface area contributed by atoms with Crippen LogP contribution in [0.5, 0.6) is 0 Å². The summed E-state index contributed by atoms with van der Waals surface area (Å²) >= 11 is 0. The largest absolute Gasteiger partial charge is 0.469 e. The van der Waals surface area contributed by atoms with Crippen LogP contribution in [0.3, 0.4) is 0 Å². The van der Waals surface area contributed by atoms with Crippen molar-refractivity contribution in [2.24, 2.45) is 0 Å². The van der Waals surface area contributed by atoms with E-state index in [0.29, 0.717) is 17.1 Å². The first kappa shape index (κ1) is 13.0. The first-order valence-electron chi connectivity index (χ1n) is 6.13. The van der Waals surface area contributed by atoms with Gasteiger partial charge in [-0.3, -0.25) is 0 Å². The maximum atomic E-state index is 9.04. The highest BCUT2D eigenvalue weighted by atomic mass is 16.3. The highest BCUT2D eigenvalue weighted by molar-refractivity contribution is 5.57. The van der Waals surface area contributed by atoms with Crippen molar-refractivity contribution in [3.05, 3.63) is 42.0 Å². The van der Waals surface area contributed by atoms with E-state index in [-0.39, 0.29) is 6.04 Å². The number of rotatable bonds is 5. The van der Waals surface area contributed by atoms with Crippen LogP contribution < -0.4 is 11.1 Å². The van der Waals surface area contributed by atoms with E-state index in [2.05, 4.69) is 16.4 Å². The number of aryl methyl sites for hydroxylation is 1. The van der Waals surface area contributed by atoms with Crippen LogP contribution in [0.1, 0.15) is 24.7 Å². The molecule has 3 N–H and O–H groups in total. The van der Waals surface area contributed by atoms with Crippen molar-refractivity contribution < 1.29 is 4.42 Å². The number of pyridine rings is 1. The van der Waals surface area contributed by atoms with E-state index in [1.807, 2.05) is 19.1 Å². The highest BCUT2D eigenvalue weighted by Gasteiger charge is 2.09. The van der Waals surface area contributed by atoms with Gasteiger partial charge in [0.05, 0.1) is 23.7 Å². The van der Waals surface area contributed by atoms with Gasteiger partial charge in [-0.15, -0.1) is 0 Å². The molecule has 0 radical (unpaired) electrons. The summed E-state index contributed by atoms with van der Waals surface area (Å²) in [5.41, 5.74) is 6.56. The smallest absolute Gasteiger partial charge is 0.144 e. The molecule has 2 aromatic heterocycles. The van der Waals surface area contributed by atoms with Crippen LogP contribution in [0.25, 0.3) is 0 Å². The molecule has 19 heavy (non-hydrogen) atoms. The molecule has 2 rings (SSSR count). The molecule has 0 aromatic carbocycles. The first-order chi connectivity index (χ1) is 9.19. The number of nitriles is 1. The number of aromatic nitrogens is 1. The minimum atomic E-state index is 0.188. The Balaban J connectivity index is 1.95. The number of nitrogen functional groups attached to an aromatic ring is 1. The van der Waals surface area contributed by atoms with Gasteiger partial charge in [-0.1, -0.05) is 0 Å². The molecule has 0 aliphatic carbocycles. The summed E-state index contributed by atoms with van der Waals surface area (Å²) in [6.45, 7) is 2.04. The summed E-state index contributed by atoms with van der Waals surface area (Å²) in [6.07, 6.45) is 4.95. The van der Waals surface area contributed by atoms with Crippen LogP contribution in [0.15, 0.2) is 35.1 Å². The number of anilines is 2. The monoisotopic (exact) mass is 256 g/mol. The third-order valence-electron chi connectivity index (χ3n) is 2.82. The number of nitrogens with two attached hydrogens (primary N) is 1. The molecule has 5 nitrogen and oxygen atoms in total. The molecule has 0 saturated heterocycles. The fraction of sp³-hybridized carbons (Fsp3) is 0.286. The quantitative estimate of drug-likeness (QED) is 0.858. The predicted molar refractivity (Wildman–Crippen MR) is 73.5 cm³/mol. The van der Waals surface area contributed by atoms with Gasteiger partial charge in [-0.05, 0) is 31.5 Å². The maximum absolute atomic E-state index is 9.04. The molecule has 0 fully saturated rings. The second-order valence-corrected chi connectivity index (χ2v) is 4.44. The average molecular weight is 256 g/mol. The second kappa shape index (κ2) is 5.91. The van der Waals surface area contributed by atoms with Gasteiger partial charge in [0, 0.05) is 12.5 Å². The Labute approximate surface area is 112 Å². The molecule has 1 unspecified atom stereocenters. The Morgan fingerprint density at radius 3 is 3.11 bits per heavy atom. The zero-order valence-electron chi connectivity index (χ0n) is 10.8. The van der Waals surface area contributed by atoms with Crippen molar-refractivity contribution in [3.8, 4) is 6.07 Å². The van der Waals surface area contributed by atoms with E-state index in [4.69, 9.17) is 15.4 Å². The van der Waals surface area contributed by atoms with Gasteiger partial charge in [-0.25, -0.2) is 4.98 Å². The summed E-state index contributed by atoms with van der Waals surface area (Å²) in [5, 5.41) is 12.3. The molecular weight excluding hydrogens is 240 g/mol. The zero-order valence-corrected chi connectivity index (χ0v) is 10.8. The van der Waals surface area contributed by atoms with Crippen LogP contribution in [0.4, 0.5) is 11.5 Å². The third kappa shape index (κ3) is 3.49. The van der Waals surface area contributed by atoms with E-state index in [0.717, 1.165) is 18.6 Å². The lowest BCUT2D eigenvalue weighted by atomic mass is 10.1. The minimum Gasteiger partial charge on any atom is -0.469 e. The van der Waals surface area contributed by atoms with Gasteiger partial charge < -0.3 is 15.5 Å². The fourth-order valence-electron chi connectivity index (χ4n) is 1.80. The Morgan fingerprint density at radius 2 is 2.42 bits per heavy atom. The third-order valence-corrected chi connectivity index (χ3v) is 2.82. The Kier molecular flexibility index (Phi) is 4.04. The summed E-state index contributed by atoms with van der Waals surface area (Å²) in [4.78, 5) is 4.15. The summed E-state index contributed by atoms with van der Waals surface area (Å²) in [6, 6.07) is 7.73. The van der Waals surface area contributed by atoms with Gasteiger partial charge in [0.1, 0.15) is 17.6 Å². The van der Waals surface area contributed by atoms with Crippen LogP contribution in [0, 0.1) is 11.3 Å². The molecule has 1 atom stereocenters. The molecule has 0 saturated carbocycles. The Hall–Kier alpha value is -2.48. The van der Waals surface area contributed by atoms with E-state index < -0.39 is 0 Å². The van der Waals surface area contributed by atoms with E-state index in [9.17, 15) is 0 Å². The molecule has 98 valence electrons. The maximum Gasteiger partial charge on any atom is 0.144 e. The number of nitrogens with zero attached hydrogens (tertiary/aromatic N) is 2. The van der Waals surface area contributed by atoms with Crippen LogP contribution in [-0.4, -0.2) is 11.0 Å². The summed E-state index contributed by atoms with van der Waals surface area (Å²) in [7, 11) is 0. The van der Waals surface area contributed by atoms with E-state index >= 15 is 0 Å². The lowest BCUT2D eigenvalue weighted by molar-refractivity contribution is 0.495. The molecule has 0 spiro atoms. The molecular formula is C14H16N4O. The zero-order chi connectivity index (χ0) is 13.7. The lowest BCUT2D eigenvalue weighted by Crippen LogP contribution is -2.17. The first-order valence-corrected chi connectivity index (χ1v) is 6.13. The van der Waals surface area contributed by atoms with Crippen molar-refractivity contribution >= 4 is 11.5 Å². The summed E-state index contributed by atoms with van der Waals surface area (Å²) in [5.74, 6) is 1.53. The van der Waals surface area contributed by atoms with Crippen molar-refractivity contribution in [2.75, 3.05) is 11.1 Å². The normalized spacial score (nSPS) is 11.8. The molecule has 0 amide bonds. The van der Waals surface area contributed by atoms with Crippen molar-refractivity contribution in [1.29, 1.82) is 5.26 Å². The highest BCUT2D eigenvalue weighted by Crippen LogP contribution is 2.16. The molecule has 0 bridgehead atoms. The number of hydrogen-bond acceptors (Lipinski definition) is 5. The number of nitrogens with one attached hydrogen (secondary N) is 1. The number of furan rings is 1. The Morgan fingerprint density at radius 1 is 1.58 bits per heavy atom. The van der Waals surface area contributed by atoms with Crippen molar-refractivity contribution in [3.63, 3.8) is 0 Å². The van der Waals surface area contributed by atoms with Crippen LogP contribution in [0.2, 0.25) is 0 Å². The van der Waals surface area contributed by atoms with Crippen LogP contribution in [-0.2, 0) is 6.42 Å². The standard InChI is InChI=1S/C14H16N4O/c1-10(4-5-13-3-2-6-19-13)18-14-11(8-15)7-12(16)9-17-14/h2-3,6-7,9-10H,4-5,16H2,1H3,(H,17,18). The van der Waals surface area contributed by atoms with Crippen molar-refractivity contribution in [1.82, 2.24) is 4.98 Å². The molecule has 2 heterocycles. The second-order valence-electron chi connectivity index (χ2n) is 4.44. The average Bonchev–Trinajstić information content (AvgIpc) is 2.91. The van der Waals surface area contributed by atoms with Crippen molar-refractivity contribution in [2.45, 2.75) is 25.8 Å². The van der Waals surface area contributed by atoms with Gasteiger partial charge in [0.15, 0.2) is 0 Å². The van der Waals surface area contributed by atoms with Gasteiger partial charge in [-0.2, -0.15) is 5.26 Å². The van der Waals surface area contributed by atoms with Crippen LogP contribution >= 0.6 is 0 Å². The minimum absolute atomic E-state index is 0.188. The van der Waals surface area contributed by atoms with E-state index in [1.54, 1.807) is 18.5 Å². The molecule has 5 heteroatoms. The fourth-order valence-corrected chi connectivity index (χ4v) is 1.80. The SMILES string of the molecule is CC(CCc1ccco1)Nc1ncc(N)cc1C#N. The van der Waals surface area contributed by atoms with Gasteiger partial charge in [0.25, 0.3) is 0 Å². The molecule has 2 aromatic rings. The Bertz CT molecular complexity index is 572. The van der Waals surface area contributed by atoms with Gasteiger partial charge >= 0.3 is 0 Å². The van der Waals surface area contributed by atoms with E-state index in [1.165, 1.54) is 0 Å². The topological polar surface area (TPSA) is 87.9 Å².